The third-order valence-electron chi connectivity index (χ3n) is 4.01. The van der Waals surface area contributed by atoms with Gasteiger partial charge in [-0.05, 0) is 18.7 Å². The van der Waals surface area contributed by atoms with Gasteiger partial charge in [-0.25, -0.2) is 4.98 Å². The quantitative estimate of drug-likeness (QED) is 0.595. The summed E-state index contributed by atoms with van der Waals surface area (Å²) in [4.78, 5) is 18.6. The Balaban J connectivity index is 1.62. The molecule has 7 heteroatoms. The molecule has 0 radical (unpaired) electrons. The maximum atomic E-state index is 12.4. The fourth-order valence-corrected chi connectivity index (χ4v) is 3.08. The first kappa shape index (κ1) is 19.4. The van der Waals surface area contributed by atoms with Crippen LogP contribution < -0.4 is 5.32 Å². The molecule has 3 aromatic rings. The van der Waals surface area contributed by atoms with E-state index in [4.69, 9.17) is 27.6 Å². The number of hydrogen-bond donors (Lipinski definition) is 1. The van der Waals surface area contributed by atoms with Crippen LogP contribution in [0.1, 0.15) is 12.8 Å². The number of aromatic nitrogens is 1. The highest BCUT2D eigenvalue weighted by Gasteiger charge is 2.15. The second kappa shape index (κ2) is 9.04. The summed E-state index contributed by atoms with van der Waals surface area (Å²) in [6.45, 7) is 3.22. The SMILES string of the molecule is CCN(CC(=O)Nc1c(Cl)cccc1Cl)Cc1ncc(-c2ccccc2)o1. The number of nitrogens with one attached hydrogen (secondary N) is 1. The van der Waals surface area contributed by atoms with Gasteiger partial charge in [-0.15, -0.1) is 0 Å². The van der Waals surface area contributed by atoms with Gasteiger partial charge in [0.05, 0.1) is 35.0 Å². The minimum atomic E-state index is -0.207. The molecule has 0 spiro atoms. The number of anilines is 1. The van der Waals surface area contributed by atoms with Gasteiger partial charge in [0, 0.05) is 5.56 Å². The van der Waals surface area contributed by atoms with Gasteiger partial charge < -0.3 is 9.73 Å². The van der Waals surface area contributed by atoms with Gasteiger partial charge >= 0.3 is 0 Å². The molecule has 3 rings (SSSR count). The van der Waals surface area contributed by atoms with Crippen LogP contribution in [0.3, 0.4) is 0 Å². The standard InChI is InChI=1S/C20H19Cl2N3O2/c1-2-25(12-18(26)24-20-15(21)9-6-10-16(20)22)13-19-23-11-17(27-19)14-7-4-3-5-8-14/h3-11H,2,12-13H2,1H3,(H,24,26). The molecular weight excluding hydrogens is 385 g/mol. The molecule has 0 saturated carbocycles. The zero-order chi connectivity index (χ0) is 19.2. The van der Waals surface area contributed by atoms with Gasteiger partial charge in [-0.3, -0.25) is 9.69 Å². The molecule has 0 aliphatic carbocycles. The van der Waals surface area contributed by atoms with Crippen molar-refractivity contribution in [2.75, 3.05) is 18.4 Å². The monoisotopic (exact) mass is 403 g/mol. The van der Waals surface area contributed by atoms with Crippen LogP contribution in [0.25, 0.3) is 11.3 Å². The van der Waals surface area contributed by atoms with E-state index in [1.165, 1.54) is 0 Å². The van der Waals surface area contributed by atoms with Crippen molar-refractivity contribution in [1.29, 1.82) is 0 Å². The van der Waals surface area contributed by atoms with E-state index < -0.39 is 0 Å². The van der Waals surface area contributed by atoms with Crippen LogP contribution in [0.5, 0.6) is 0 Å². The lowest BCUT2D eigenvalue weighted by Crippen LogP contribution is -2.33. The molecule has 5 nitrogen and oxygen atoms in total. The minimum absolute atomic E-state index is 0.168. The van der Waals surface area contributed by atoms with Gasteiger partial charge in [0.1, 0.15) is 0 Å². The van der Waals surface area contributed by atoms with Crippen LogP contribution in [0, 0.1) is 0 Å². The largest absolute Gasteiger partial charge is 0.439 e. The molecule has 0 unspecified atom stereocenters. The number of halogens is 2. The van der Waals surface area contributed by atoms with E-state index in [9.17, 15) is 4.79 Å². The van der Waals surface area contributed by atoms with Crippen LogP contribution in [-0.4, -0.2) is 28.9 Å². The van der Waals surface area contributed by atoms with Crippen LogP contribution in [-0.2, 0) is 11.3 Å². The van der Waals surface area contributed by atoms with Crippen molar-refractivity contribution in [3.05, 3.63) is 70.7 Å². The Hall–Kier alpha value is -2.34. The van der Waals surface area contributed by atoms with Crippen molar-refractivity contribution < 1.29 is 9.21 Å². The van der Waals surface area contributed by atoms with Gasteiger partial charge in [-0.2, -0.15) is 0 Å². The first-order chi connectivity index (χ1) is 13.1. The Morgan fingerprint density at radius 1 is 1.11 bits per heavy atom. The van der Waals surface area contributed by atoms with Gasteiger partial charge in [0.15, 0.2) is 5.76 Å². The molecule has 1 N–H and O–H groups in total. The van der Waals surface area contributed by atoms with Crippen molar-refractivity contribution in [2.24, 2.45) is 0 Å². The maximum Gasteiger partial charge on any atom is 0.238 e. The topological polar surface area (TPSA) is 58.4 Å². The Morgan fingerprint density at radius 2 is 1.81 bits per heavy atom. The molecule has 2 aromatic carbocycles. The normalized spacial score (nSPS) is 11.0. The molecule has 1 aromatic heterocycles. The van der Waals surface area contributed by atoms with Crippen LogP contribution in [0.4, 0.5) is 5.69 Å². The number of carbonyl (C=O) groups excluding carboxylic acids is 1. The smallest absolute Gasteiger partial charge is 0.238 e. The minimum Gasteiger partial charge on any atom is -0.439 e. The van der Waals surface area contributed by atoms with Crippen molar-refractivity contribution in [3.63, 3.8) is 0 Å². The summed E-state index contributed by atoms with van der Waals surface area (Å²) in [7, 11) is 0. The number of oxazole rings is 1. The molecule has 1 amide bonds. The highest BCUT2D eigenvalue weighted by Crippen LogP contribution is 2.29. The van der Waals surface area contributed by atoms with Gasteiger partial charge in [0.2, 0.25) is 11.8 Å². The molecule has 0 atom stereocenters. The van der Waals surface area contributed by atoms with Crippen LogP contribution in [0.15, 0.2) is 59.1 Å². The predicted molar refractivity (Wildman–Crippen MR) is 108 cm³/mol. The van der Waals surface area contributed by atoms with Crippen molar-refractivity contribution in [3.8, 4) is 11.3 Å². The molecule has 0 fully saturated rings. The number of rotatable bonds is 7. The first-order valence-electron chi connectivity index (χ1n) is 8.53. The molecule has 0 saturated heterocycles. The Kier molecular flexibility index (Phi) is 6.50. The third-order valence-corrected chi connectivity index (χ3v) is 4.64. The number of benzene rings is 2. The van der Waals surface area contributed by atoms with E-state index in [0.29, 0.717) is 40.5 Å². The third kappa shape index (κ3) is 5.10. The second-order valence-corrected chi connectivity index (χ2v) is 6.75. The van der Waals surface area contributed by atoms with E-state index in [1.807, 2.05) is 42.2 Å². The first-order valence-corrected chi connectivity index (χ1v) is 9.28. The average molecular weight is 404 g/mol. The molecule has 0 aliphatic heterocycles. The van der Waals surface area contributed by atoms with E-state index >= 15 is 0 Å². The van der Waals surface area contributed by atoms with Crippen molar-refractivity contribution in [1.82, 2.24) is 9.88 Å². The van der Waals surface area contributed by atoms with E-state index in [2.05, 4.69) is 10.3 Å². The summed E-state index contributed by atoms with van der Waals surface area (Å²) in [5.41, 5.74) is 1.38. The fourth-order valence-electron chi connectivity index (χ4n) is 2.59. The summed E-state index contributed by atoms with van der Waals surface area (Å²) < 4.78 is 5.81. The summed E-state index contributed by atoms with van der Waals surface area (Å²) >= 11 is 12.2. The maximum absolute atomic E-state index is 12.4. The number of hydrogen-bond acceptors (Lipinski definition) is 4. The molecule has 1 heterocycles. The van der Waals surface area contributed by atoms with Crippen LogP contribution >= 0.6 is 23.2 Å². The molecular formula is C20H19Cl2N3O2. The number of carbonyl (C=O) groups is 1. The Labute approximate surface area is 167 Å². The predicted octanol–water partition coefficient (Wildman–Crippen LogP) is 5.11. The average Bonchev–Trinajstić information content (AvgIpc) is 3.13. The number of amides is 1. The number of para-hydroxylation sites is 1. The lowest BCUT2D eigenvalue weighted by atomic mass is 10.2. The zero-order valence-electron chi connectivity index (χ0n) is 14.8. The van der Waals surface area contributed by atoms with E-state index in [-0.39, 0.29) is 12.5 Å². The highest BCUT2D eigenvalue weighted by atomic mass is 35.5. The lowest BCUT2D eigenvalue weighted by Gasteiger charge is -2.18. The van der Waals surface area contributed by atoms with Gasteiger partial charge in [-0.1, -0.05) is 66.5 Å². The van der Waals surface area contributed by atoms with Crippen molar-refractivity contribution >= 4 is 34.8 Å². The van der Waals surface area contributed by atoms with E-state index in [1.54, 1.807) is 24.4 Å². The number of nitrogens with zero attached hydrogens (tertiary/aromatic N) is 2. The summed E-state index contributed by atoms with van der Waals surface area (Å²) in [6.07, 6.45) is 1.70. The fraction of sp³-hybridized carbons (Fsp3) is 0.200. The summed E-state index contributed by atoms with van der Waals surface area (Å²) in [5.74, 6) is 1.05. The molecule has 140 valence electrons. The highest BCUT2D eigenvalue weighted by molar-refractivity contribution is 6.39. The summed E-state index contributed by atoms with van der Waals surface area (Å²) in [5, 5.41) is 3.57. The summed E-state index contributed by atoms with van der Waals surface area (Å²) in [6, 6.07) is 14.8. The molecule has 0 bridgehead atoms. The number of likely N-dealkylation sites (N-methyl/N-ethyl adjacent to an activating group) is 1. The van der Waals surface area contributed by atoms with Gasteiger partial charge in [0.25, 0.3) is 0 Å². The zero-order valence-corrected chi connectivity index (χ0v) is 16.3. The van der Waals surface area contributed by atoms with Crippen LogP contribution in [0.2, 0.25) is 10.0 Å². The molecule has 27 heavy (non-hydrogen) atoms. The Morgan fingerprint density at radius 3 is 2.48 bits per heavy atom. The molecule has 0 aliphatic rings. The second-order valence-electron chi connectivity index (χ2n) is 5.93. The van der Waals surface area contributed by atoms with E-state index in [0.717, 1.165) is 5.56 Å². The lowest BCUT2D eigenvalue weighted by molar-refractivity contribution is -0.117. The van der Waals surface area contributed by atoms with Crippen molar-refractivity contribution in [2.45, 2.75) is 13.5 Å². The Bertz CT molecular complexity index is 892.